The highest BCUT2D eigenvalue weighted by Crippen LogP contribution is 2.18. The van der Waals surface area contributed by atoms with E-state index in [9.17, 15) is 9.18 Å². The van der Waals surface area contributed by atoms with Crippen LogP contribution in [0.5, 0.6) is 0 Å². The second kappa shape index (κ2) is 9.44. The van der Waals surface area contributed by atoms with Gasteiger partial charge in [0.1, 0.15) is 5.82 Å². The number of carbonyl (C=O) groups excluding carboxylic acids is 1. The largest absolute Gasteiger partial charge is 0.383 e. The van der Waals surface area contributed by atoms with E-state index in [0.29, 0.717) is 19.7 Å². The molecule has 1 amide bonds. The Bertz CT molecular complexity index is 441. The summed E-state index contributed by atoms with van der Waals surface area (Å²) in [5.74, 6) is -0.360. The fraction of sp³-hybridized carbons (Fsp3) is 0.533. The summed E-state index contributed by atoms with van der Waals surface area (Å²) in [5, 5.41) is 5.83. The third-order valence-corrected chi connectivity index (χ3v) is 3.12. The molecule has 21 heavy (non-hydrogen) atoms. The fourth-order valence-corrected chi connectivity index (χ4v) is 1.96. The number of rotatable bonds is 9. The van der Waals surface area contributed by atoms with Crippen molar-refractivity contribution in [2.24, 2.45) is 0 Å². The summed E-state index contributed by atoms with van der Waals surface area (Å²) in [7, 11) is 5.42. The van der Waals surface area contributed by atoms with Gasteiger partial charge in [0.15, 0.2) is 0 Å². The number of likely N-dealkylation sites (N-methyl/N-ethyl adjacent to an activating group) is 1. The molecule has 0 aliphatic carbocycles. The van der Waals surface area contributed by atoms with Crippen LogP contribution in [0, 0.1) is 5.82 Å². The zero-order valence-electron chi connectivity index (χ0n) is 12.9. The van der Waals surface area contributed by atoms with E-state index in [-0.39, 0.29) is 24.3 Å². The Hall–Kier alpha value is -1.50. The van der Waals surface area contributed by atoms with E-state index in [1.165, 1.54) is 12.1 Å². The van der Waals surface area contributed by atoms with Gasteiger partial charge in [0.25, 0.3) is 0 Å². The van der Waals surface area contributed by atoms with Gasteiger partial charge in [0, 0.05) is 20.2 Å². The van der Waals surface area contributed by atoms with Gasteiger partial charge in [-0.25, -0.2) is 4.39 Å². The lowest BCUT2D eigenvalue weighted by atomic mass is 10.1. The molecule has 1 aromatic carbocycles. The van der Waals surface area contributed by atoms with Gasteiger partial charge in [-0.15, -0.1) is 0 Å². The van der Waals surface area contributed by atoms with Crippen molar-refractivity contribution < 1.29 is 13.9 Å². The molecule has 1 atom stereocenters. The van der Waals surface area contributed by atoms with E-state index in [0.717, 1.165) is 5.56 Å². The number of methoxy groups -OCH3 is 1. The number of nitrogens with one attached hydrogen (secondary N) is 2. The molecule has 0 spiro atoms. The minimum Gasteiger partial charge on any atom is -0.383 e. The number of amides is 1. The molecule has 0 aromatic heterocycles. The van der Waals surface area contributed by atoms with Crippen molar-refractivity contribution >= 4 is 5.91 Å². The molecule has 1 aromatic rings. The molecular formula is C15H24FN3O2. The van der Waals surface area contributed by atoms with Crippen LogP contribution in [0.4, 0.5) is 4.39 Å². The van der Waals surface area contributed by atoms with Gasteiger partial charge in [0.05, 0.1) is 19.2 Å². The Kier molecular flexibility index (Phi) is 7.89. The van der Waals surface area contributed by atoms with Crippen molar-refractivity contribution in [2.75, 3.05) is 47.4 Å². The summed E-state index contributed by atoms with van der Waals surface area (Å²) in [5.41, 5.74) is 0.840. The topological polar surface area (TPSA) is 53.6 Å². The summed E-state index contributed by atoms with van der Waals surface area (Å²) >= 11 is 0. The van der Waals surface area contributed by atoms with Crippen molar-refractivity contribution in [2.45, 2.75) is 6.04 Å². The normalized spacial score (nSPS) is 12.4. The number of hydrogen-bond donors (Lipinski definition) is 2. The number of hydrogen-bond acceptors (Lipinski definition) is 4. The predicted molar refractivity (Wildman–Crippen MR) is 80.6 cm³/mol. The Balaban J connectivity index is 2.47. The monoisotopic (exact) mass is 297 g/mol. The Morgan fingerprint density at radius 3 is 2.81 bits per heavy atom. The van der Waals surface area contributed by atoms with Crippen LogP contribution in [0.15, 0.2) is 24.3 Å². The number of carbonyl (C=O) groups is 1. The smallest absolute Gasteiger partial charge is 0.234 e. The number of ether oxygens (including phenoxy) is 1. The van der Waals surface area contributed by atoms with E-state index in [4.69, 9.17) is 4.74 Å². The van der Waals surface area contributed by atoms with Crippen molar-refractivity contribution in [3.05, 3.63) is 35.6 Å². The van der Waals surface area contributed by atoms with Crippen molar-refractivity contribution in [1.82, 2.24) is 15.5 Å². The van der Waals surface area contributed by atoms with Crippen LogP contribution in [0.25, 0.3) is 0 Å². The van der Waals surface area contributed by atoms with Crippen LogP contribution in [-0.4, -0.2) is 58.3 Å². The summed E-state index contributed by atoms with van der Waals surface area (Å²) in [4.78, 5) is 13.7. The van der Waals surface area contributed by atoms with E-state index >= 15 is 0 Å². The third-order valence-electron chi connectivity index (χ3n) is 3.12. The van der Waals surface area contributed by atoms with Crippen molar-refractivity contribution in [3.8, 4) is 0 Å². The van der Waals surface area contributed by atoms with Gasteiger partial charge in [-0.1, -0.05) is 12.1 Å². The first-order valence-corrected chi connectivity index (χ1v) is 6.93. The predicted octanol–water partition coefficient (Wildman–Crippen LogP) is 0.781. The molecule has 0 radical (unpaired) electrons. The second-order valence-electron chi connectivity index (χ2n) is 5.01. The van der Waals surface area contributed by atoms with Gasteiger partial charge >= 0.3 is 0 Å². The van der Waals surface area contributed by atoms with Gasteiger partial charge in [-0.3, -0.25) is 4.79 Å². The zero-order valence-corrected chi connectivity index (χ0v) is 12.9. The molecule has 0 aliphatic heterocycles. The average Bonchev–Trinajstić information content (AvgIpc) is 2.43. The van der Waals surface area contributed by atoms with Crippen molar-refractivity contribution in [1.29, 1.82) is 0 Å². The molecular weight excluding hydrogens is 273 g/mol. The first-order valence-electron chi connectivity index (χ1n) is 6.93. The SMILES string of the molecule is COCCNCC(=O)NCC(c1cccc(F)c1)N(C)C. The van der Waals surface area contributed by atoms with E-state index < -0.39 is 0 Å². The summed E-state index contributed by atoms with van der Waals surface area (Å²) in [6.07, 6.45) is 0. The molecule has 0 saturated heterocycles. The van der Waals surface area contributed by atoms with E-state index in [1.54, 1.807) is 13.2 Å². The van der Waals surface area contributed by atoms with Gasteiger partial charge in [-0.05, 0) is 31.8 Å². The van der Waals surface area contributed by atoms with Gasteiger partial charge in [-0.2, -0.15) is 0 Å². The van der Waals surface area contributed by atoms with Gasteiger partial charge in [0.2, 0.25) is 5.91 Å². The van der Waals surface area contributed by atoms with E-state index in [2.05, 4.69) is 10.6 Å². The first kappa shape index (κ1) is 17.6. The standard InChI is InChI=1S/C15H24FN3O2/c1-19(2)14(12-5-4-6-13(16)9-12)10-18-15(20)11-17-7-8-21-3/h4-6,9,14,17H,7-8,10-11H2,1-3H3,(H,18,20). The molecule has 0 bridgehead atoms. The van der Waals surface area contributed by atoms with Crippen LogP contribution in [0.1, 0.15) is 11.6 Å². The minimum absolute atomic E-state index is 0.0661. The molecule has 0 aliphatic rings. The van der Waals surface area contributed by atoms with Crippen LogP contribution in [0.2, 0.25) is 0 Å². The highest BCUT2D eigenvalue weighted by molar-refractivity contribution is 5.78. The maximum Gasteiger partial charge on any atom is 0.234 e. The summed E-state index contributed by atoms with van der Waals surface area (Å²) in [6.45, 7) is 1.87. The molecule has 6 heteroatoms. The van der Waals surface area contributed by atoms with Crippen molar-refractivity contribution in [3.63, 3.8) is 0 Å². The van der Waals surface area contributed by atoms with Crippen LogP contribution < -0.4 is 10.6 Å². The lowest BCUT2D eigenvalue weighted by molar-refractivity contribution is -0.120. The molecule has 2 N–H and O–H groups in total. The molecule has 5 nitrogen and oxygen atoms in total. The molecule has 118 valence electrons. The lowest BCUT2D eigenvalue weighted by Crippen LogP contribution is -2.39. The van der Waals surface area contributed by atoms with Crippen LogP contribution >= 0.6 is 0 Å². The Morgan fingerprint density at radius 2 is 2.19 bits per heavy atom. The highest BCUT2D eigenvalue weighted by Gasteiger charge is 2.15. The second-order valence-corrected chi connectivity index (χ2v) is 5.01. The maximum absolute atomic E-state index is 13.3. The number of halogens is 1. The quantitative estimate of drug-likeness (QED) is 0.662. The molecule has 0 heterocycles. The van der Waals surface area contributed by atoms with E-state index in [1.807, 2.05) is 25.1 Å². The Morgan fingerprint density at radius 1 is 1.43 bits per heavy atom. The van der Waals surface area contributed by atoms with Crippen LogP contribution in [-0.2, 0) is 9.53 Å². The minimum atomic E-state index is -0.271. The lowest BCUT2D eigenvalue weighted by Gasteiger charge is -2.25. The molecule has 0 saturated carbocycles. The first-order chi connectivity index (χ1) is 10.0. The molecule has 0 fully saturated rings. The zero-order chi connectivity index (χ0) is 15.7. The number of benzene rings is 1. The summed E-state index contributed by atoms with van der Waals surface area (Å²) in [6, 6.07) is 6.37. The molecule has 1 unspecified atom stereocenters. The summed E-state index contributed by atoms with van der Waals surface area (Å²) < 4.78 is 18.2. The van der Waals surface area contributed by atoms with Gasteiger partial charge < -0.3 is 20.3 Å². The average molecular weight is 297 g/mol. The third kappa shape index (κ3) is 6.66. The number of nitrogens with zero attached hydrogens (tertiary/aromatic N) is 1. The Labute approximate surface area is 125 Å². The fourth-order valence-electron chi connectivity index (χ4n) is 1.96. The maximum atomic E-state index is 13.3. The highest BCUT2D eigenvalue weighted by atomic mass is 19.1. The van der Waals surface area contributed by atoms with Crippen LogP contribution in [0.3, 0.4) is 0 Å². The molecule has 1 rings (SSSR count).